The number of benzene rings is 1. The molecule has 1 saturated heterocycles. The second-order valence-electron chi connectivity index (χ2n) is 10.0. The van der Waals surface area contributed by atoms with Crippen molar-refractivity contribution < 1.29 is 22.7 Å². The van der Waals surface area contributed by atoms with E-state index in [0.717, 1.165) is 23.3 Å². The molecular weight excluding hydrogens is 573 g/mol. The second-order valence-corrected chi connectivity index (χ2v) is 11.0. The van der Waals surface area contributed by atoms with Gasteiger partial charge in [-0.3, -0.25) is 14.6 Å². The Balaban J connectivity index is 1.40. The minimum absolute atomic E-state index is 0.0156. The molecule has 42 heavy (non-hydrogen) atoms. The monoisotopic (exact) mass is 602 g/mol. The van der Waals surface area contributed by atoms with Crippen molar-refractivity contribution in [1.82, 2.24) is 24.4 Å². The molecule has 1 aliphatic rings. The Kier molecular flexibility index (Phi) is 8.31. The van der Waals surface area contributed by atoms with E-state index < -0.39 is 23.9 Å². The van der Waals surface area contributed by atoms with E-state index in [-0.39, 0.29) is 47.4 Å². The Hall–Kier alpha value is -4.24. The van der Waals surface area contributed by atoms with Gasteiger partial charge in [0.25, 0.3) is 5.91 Å². The lowest BCUT2D eigenvalue weighted by Gasteiger charge is -2.32. The van der Waals surface area contributed by atoms with Crippen molar-refractivity contribution in [1.29, 1.82) is 0 Å². The number of likely N-dealkylation sites (tertiary alicyclic amines) is 1. The van der Waals surface area contributed by atoms with Gasteiger partial charge in [-0.25, -0.2) is 4.98 Å². The predicted molar refractivity (Wildman–Crippen MR) is 153 cm³/mol. The van der Waals surface area contributed by atoms with Crippen LogP contribution in [-0.2, 0) is 6.54 Å². The van der Waals surface area contributed by atoms with E-state index in [2.05, 4.69) is 20.3 Å². The summed E-state index contributed by atoms with van der Waals surface area (Å²) >= 11 is 1.38. The topological polar surface area (TPSA) is 154 Å². The summed E-state index contributed by atoms with van der Waals surface area (Å²) in [6, 6.07) is 5.67. The maximum atomic E-state index is 13.0. The number of ether oxygens (including phenoxy) is 1. The van der Waals surface area contributed by atoms with Gasteiger partial charge in [0, 0.05) is 23.8 Å². The average molecular weight is 603 g/mol. The molecule has 5 rings (SSSR count). The fourth-order valence-corrected chi connectivity index (χ4v) is 5.72. The molecule has 0 aliphatic carbocycles. The van der Waals surface area contributed by atoms with Crippen LogP contribution in [0.1, 0.15) is 46.0 Å². The minimum Gasteiger partial charge on any atom is -0.495 e. The van der Waals surface area contributed by atoms with Crippen molar-refractivity contribution in [3.8, 4) is 5.75 Å². The quantitative estimate of drug-likeness (QED) is 0.259. The van der Waals surface area contributed by atoms with Crippen LogP contribution in [0.3, 0.4) is 0 Å². The number of nitrogens with zero attached hydrogens (tertiary/aromatic N) is 5. The zero-order chi connectivity index (χ0) is 30.0. The van der Waals surface area contributed by atoms with Crippen molar-refractivity contribution in [2.24, 2.45) is 5.73 Å². The molecule has 0 radical (unpaired) electrons. The minimum atomic E-state index is -4.15. The lowest BCUT2D eigenvalue weighted by atomic mass is 9.89. The van der Waals surface area contributed by atoms with Crippen LogP contribution < -0.4 is 26.9 Å². The Morgan fingerprint density at radius 3 is 2.64 bits per heavy atom. The zero-order valence-corrected chi connectivity index (χ0v) is 23.5. The molecule has 0 saturated carbocycles. The molecule has 5 N–H and O–H groups in total. The summed E-state index contributed by atoms with van der Waals surface area (Å²) in [6.45, 7) is 1.41. The first-order valence-electron chi connectivity index (χ1n) is 13.1. The summed E-state index contributed by atoms with van der Waals surface area (Å²) in [5, 5.41) is 3.21. The fourth-order valence-electron chi connectivity index (χ4n) is 5.13. The number of aromatic nitrogens is 4. The molecule has 222 valence electrons. The third-order valence-corrected chi connectivity index (χ3v) is 8.09. The first-order chi connectivity index (χ1) is 20.0. The van der Waals surface area contributed by atoms with Crippen LogP contribution in [0, 0.1) is 0 Å². The number of fused-ring (bicyclic) bond motifs is 1. The number of pyridine rings is 1. The van der Waals surface area contributed by atoms with E-state index >= 15 is 0 Å². The Bertz CT molecular complexity index is 1650. The van der Waals surface area contributed by atoms with Crippen molar-refractivity contribution >= 4 is 45.7 Å². The summed E-state index contributed by atoms with van der Waals surface area (Å²) in [5.74, 6) is -0.173. The van der Waals surface area contributed by atoms with E-state index in [4.69, 9.17) is 16.2 Å². The number of primary amides is 1. The SMILES string of the molecule is COc1cc(C2CCN(CCC(F)(F)F)CC2)ccc1Nc1ncc2c(=O)c(C(N)=O)c(N)n(Cc3cncs3)c2n1. The molecule has 4 aromatic rings. The lowest BCUT2D eigenvalue weighted by Crippen LogP contribution is -2.35. The molecule has 1 fully saturated rings. The second kappa shape index (κ2) is 11.9. The maximum absolute atomic E-state index is 13.0. The van der Waals surface area contributed by atoms with Crippen LogP contribution in [0.15, 0.2) is 40.9 Å². The van der Waals surface area contributed by atoms with E-state index in [1.165, 1.54) is 29.2 Å². The zero-order valence-electron chi connectivity index (χ0n) is 22.6. The molecule has 0 atom stereocenters. The summed E-state index contributed by atoms with van der Waals surface area (Å²) in [6.07, 6.45) is -0.503. The molecular formula is C27H29F3N8O3S. The fraction of sp³-hybridized carbons (Fsp3) is 0.370. The van der Waals surface area contributed by atoms with Crippen LogP contribution >= 0.6 is 11.3 Å². The number of alkyl halides is 3. The highest BCUT2D eigenvalue weighted by Gasteiger charge is 2.29. The molecule has 1 aliphatic heterocycles. The standard InChI is InChI=1S/C27H29F3N8O3S/c1-41-20-10-16(15-4-7-37(8-5-15)9-6-27(28,29)30)2-3-19(20)35-26-34-12-18-22(39)21(24(32)40)23(31)38(25(18)36-26)13-17-11-33-14-42-17/h2-3,10-12,14-15H,4-9,13,31H2,1H3,(H2,32,40)(H,34,35,36). The van der Waals surface area contributed by atoms with Gasteiger partial charge < -0.3 is 31.0 Å². The highest BCUT2D eigenvalue weighted by Crippen LogP contribution is 2.35. The number of amides is 1. The molecule has 11 nitrogen and oxygen atoms in total. The third-order valence-electron chi connectivity index (χ3n) is 7.33. The maximum Gasteiger partial charge on any atom is 0.390 e. The van der Waals surface area contributed by atoms with Crippen LogP contribution in [0.2, 0.25) is 0 Å². The number of halogens is 3. The molecule has 3 aromatic heterocycles. The first kappa shape index (κ1) is 29.3. The largest absolute Gasteiger partial charge is 0.495 e. The van der Waals surface area contributed by atoms with Gasteiger partial charge in [-0.15, -0.1) is 11.3 Å². The molecule has 1 aromatic carbocycles. The lowest BCUT2D eigenvalue weighted by molar-refractivity contribution is -0.138. The molecule has 1 amide bonds. The normalized spacial score (nSPS) is 14.8. The number of anilines is 3. The van der Waals surface area contributed by atoms with Gasteiger partial charge in [-0.05, 0) is 49.5 Å². The number of nitrogens with two attached hydrogens (primary N) is 2. The van der Waals surface area contributed by atoms with E-state index in [1.807, 2.05) is 23.1 Å². The number of piperidine rings is 1. The molecule has 0 unspecified atom stereocenters. The van der Waals surface area contributed by atoms with Crippen molar-refractivity contribution in [2.45, 2.75) is 37.9 Å². The van der Waals surface area contributed by atoms with Crippen LogP contribution in [0.5, 0.6) is 5.75 Å². The average Bonchev–Trinajstić information content (AvgIpc) is 3.47. The predicted octanol–water partition coefficient (Wildman–Crippen LogP) is 3.86. The number of hydrogen-bond acceptors (Lipinski definition) is 10. The number of nitrogens with one attached hydrogen (secondary N) is 1. The number of rotatable bonds is 9. The highest BCUT2D eigenvalue weighted by molar-refractivity contribution is 7.09. The van der Waals surface area contributed by atoms with Crippen molar-refractivity contribution in [3.63, 3.8) is 0 Å². The Labute approximate surface area is 242 Å². The van der Waals surface area contributed by atoms with Crippen LogP contribution in [-0.4, -0.2) is 63.2 Å². The molecule has 0 spiro atoms. The summed E-state index contributed by atoms with van der Waals surface area (Å²) in [5.41, 5.74) is 14.2. The Morgan fingerprint density at radius 2 is 2.00 bits per heavy atom. The van der Waals surface area contributed by atoms with Gasteiger partial charge in [-0.1, -0.05) is 6.07 Å². The van der Waals surface area contributed by atoms with Gasteiger partial charge in [-0.2, -0.15) is 18.2 Å². The first-order valence-corrected chi connectivity index (χ1v) is 14.0. The summed E-state index contributed by atoms with van der Waals surface area (Å²) < 4.78 is 44.9. The van der Waals surface area contributed by atoms with Crippen LogP contribution in [0.4, 0.5) is 30.6 Å². The highest BCUT2D eigenvalue weighted by atomic mass is 32.1. The van der Waals surface area contributed by atoms with Gasteiger partial charge in [0.05, 0.1) is 36.7 Å². The molecule has 0 bridgehead atoms. The number of carbonyl (C=O) groups is 1. The number of hydrogen-bond donors (Lipinski definition) is 3. The van der Waals surface area contributed by atoms with E-state index in [9.17, 15) is 22.8 Å². The number of carbonyl (C=O) groups excluding carboxylic acids is 1. The number of nitrogen functional groups attached to an aromatic ring is 1. The van der Waals surface area contributed by atoms with Crippen molar-refractivity contribution in [3.05, 3.63) is 62.3 Å². The molecule has 4 heterocycles. The van der Waals surface area contributed by atoms with E-state index in [1.54, 1.807) is 11.7 Å². The smallest absolute Gasteiger partial charge is 0.390 e. The van der Waals surface area contributed by atoms with Crippen LogP contribution in [0.25, 0.3) is 11.0 Å². The number of methoxy groups -OCH3 is 1. The summed E-state index contributed by atoms with van der Waals surface area (Å²) in [4.78, 5) is 40.6. The van der Waals surface area contributed by atoms with Gasteiger partial charge >= 0.3 is 6.18 Å². The summed E-state index contributed by atoms with van der Waals surface area (Å²) in [7, 11) is 1.53. The third kappa shape index (κ3) is 6.31. The van der Waals surface area contributed by atoms with Crippen molar-refractivity contribution in [2.75, 3.05) is 37.8 Å². The molecule has 15 heteroatoms. The van der Waals surface area contributed by atoms with Gasteiger partial charge in [0.2, 0.25) is 11.4 Å². The van der Waals surface area contributed by atoms with Gasteiger partial charge in [0.1, 0.15) is 17.1 Å². The number of thiazole rings is 1. The Morgan fingerprint density at radius 1 is 1.24 bits per heavy atom. The van der Waals surface area contributed by atoms with Gasteiger partial charge in [0.15, 0.2) is 5.65 Å². The van der Waals surface area contributed by atoms with E-state index in [0.29, 0.717) is 24.5 Å².